The van der Waals surface area contributed by atoms with E-state index in [0.29, 0.717) is 18.0 Å². The van der Waals surface area contributed by atoms with Gasteiger partial charge in [-0.2, -0.15) is 0 Å². The lowest BCUT2D eigenvalue weighted by Crippen LogP contribution is -2.46. The van der Waals surface area contributed by atoms with Crippen molar-refractivity contribution in [2.45, 2.75) is 50.6 Å². The molecule has 2 aromatic heterocycles. The summed E-state index contributed by atoms with van der Waals surface area (Å²) < 4.78 is 5.07. The molecule has 1 saturated heterocycles. The topological polar surface area (TPSA) is 83.6 Å². The van der Waals surface area contributed by atoms with Gasteiger partial charge in [0.1, 0.15) is 17.3 Å². The second-order valence-corrected chi connectivity index (χ2v) is 7.69. The highest BCUT2D eigenvalue weighted by atomic mass is 32.1. The molecule has 2 fully saturated rings. The maximum absolute atomic E-state index is 12.9. The van der Waals surface area contributed by atoms with Crippen molar-refractivity contribution in [3.05, 3.63) is 29.7 Å². The first kappa shape index (κ1) is 16.3. The zero-order chi connectivity index (χ0) is 17.4. The molecule has 7 heteroatoms. The minimum absolute atomic E-state index is 0.0781. The first-order chi connectivity index (χ1) is 12.1. The Morgan fingerprint density at radius 3 is 2.96 bits per heavy atom. The number of carboxylic acids is 1. The van der Waals surface area contributed by atoms with Gasteiger partial charge in [-0.15, -0.1) is 11.3 Å². The maximum atomic E-state index is 12.9. The number of carbonyl (C=O) groups is 2. The van der Waals surface area contributed by atoms with Crippen molar-refractivity contribution < 1.29 is 19.1 Å². The van der Waals surface area contributed by atoms with Crippen LogP contribution in [0.15, 0.2) is 28.4 Å². The van der Waals surface area contributed by atoms with Crippen molar-refractivity contribution in [3.8, 4) is 10.6 Å². The van der Waals surface area contributed by atoms with Gasteiger partial charge in [-0.3, -0.25) is 4.79 Å². The Hall–Kier alpha value is -2.15. The van der Waals surface area contributed by atoms with E-state index in [0.717, 1.165) is 36.3 Å². The number of hydrogen-bond acceptors (Lipinski definition) is 5. The number of nitrogens with zero attached hydrogens (tertiary/aromatic N) is 2. The molecule has 0 bridgehead atoms. The van der Waals surface area contributed by atoms with Crippen LogP contribution >= 0.6 is 11.3 Å². The van der Waals surface area contributed by atoms with Crippen LogP contribution < -0.4 is 0 Å². The summed E-state index contributed by atoms with van der Waals surface area (Å²) in [6.07, 6.45) is 8.10. The quantitative estimate of drug-likeness (QED) is 0.905. The van der Waals surface area contributed by atoms with Gasteiger partial charge in [0.05, 0.1) is 18.4 Å². The van der Waals surface area contributed by atoms with Gasteiger partial charge in [-0.05, 0) is 31.2 Å². The third-order valence-electron chi connectivity index (χ3n) is 5.31. The monoisotopic (exact) mass is 360 g/mol. The van der Waals surface area contributed by atoms with E-state index in [4.69, 9.17) is 4.42 Å². The molecular weight excluding hydrogens is 340 g/mol. The number of hydrogen-bond donors (Lipinski definition) is 1. The van der Waals surface area contributed by atoms with Crippen LogP contribution in [0.3, 0.4) is 0 Å². The molecule has 3 unspecified atom stereocenters. The van der Waals surface area contributed by atoms with E-state index in [1.807, 2.05) is 11.4 Å². The maximum Gasteiger partial charge on any atom is 0.326 e. The molecule has 1 amide bonds. The molecular formula is C18H20N2O4S. The first-order valence-electron chi connectivity index (χ1n) is 8.64. The Kier molecular flexibility index (Phi) is 4.33. The van der Waals surface area contributed by atoms with Crippen LogP contribution in [-0.4, -0.2) is 39.0 Å². The van der Waals surface area contributed by atoms with Crippen LogP contribution in [0.1, 0.15) is 37.8 Å². The fraction of sp³-hybridized carbons (Fsp3) is 0.500. The summed E-state index contributed by atoms with van der Waals surface area (Å²) in [4.78, 5) is 30.7. The Morgan fingerprint density at radius 1 is 1.36 bits per heavy atom. The lowest BCUT2D eigenvalue weighted by atomic mass is 9.84. The van der Waals surface area contributed by atoms with E-state index in [2.05, 4.69) is 4.98 Å². The number of aliphatic carboxylic acids is 1. The molecule has 2 aromatic rings. The molecule has 1 saturated carbocycles. The van der Waals surface area contributed by atoms with Crippen LogP contribution in [-0.2, 0) is 16.0 Å². The fourth-order valence-corrected chi connectivity index (χ4v) is 5.00. The highest BCUT2D eigenvalue weighted by Gasteiger charge is 2.47. The zero-order valence-electron chi connectivity index (χ0n) is 13.8. The second-order valence-electron chi connectivity index (χ2n) is 6.84. The van der Waals surface area contributed by atoms with E-state index in [1.165, 1.54) is 11.3 Å². The lowest BCUT2D eigenvalue weighted by molar-refractivity contribution is -0.149. The van der Waals surface area contributed by atoms with Crippen LogP contribution in [0.4, 0.5) is 0 Å². The number of likely N-dealkylation sites (tertiary alicyclic amines) is 1. The Bertz CT molecular complexity index is 770. The minimum Gasteiger partial charge on any atom is -0.480 e. The molecule has 1 N–H and O–H groups in total. The molecule has 0 aromatic carbocycles. The molecule has 2 aliphatic rings. The van der Waals surface area contributed by atoms with Crippen LogP contribution in [0.2, 0.25) is 0 Å². The second kappa shape index (κ2) is 6.63. The molecule has 3 heterocycles. The predicted octanol–water partition coefficient (Wildman–Crippen LogP) is 3.19. The molecule has 132 valence electrons. The third kappa shape index (κ3) is 3.08. The number of carbonyl (C=O) groups excluding carboxylic acids is 1. The van der Waals surface area contributed by atoms with Crippen molar-refractivity contribution in [3.63, 3.8) is 0 Å². The number of fused-ring (bicyclic) bond motifs is 1. The normalized spacial score (nSPS) is 25.8. The van der Waals surface area contributed by atoms with E-state index in [9.17, 15) is 14.7 Å². The van der Waals surface area contributed by atoms with E-state index in [1.54, 1.807) is 17.4 Å². The lowest BCUT2D eigenvalue weighted by Gasteiger charge is -2.32. The van der Waals surface area contributed by atoms with Crippen molar-refractivity contribution >= 4 is 23.2 Å². The summed E-state index contributed by atoms with van der Waals surface area (Å²) in [7, 11) is 0. The summed E-state index contributed by atoms with van der Waals surface area (Å²) >= 11 is 1.46. The number of amides is 1. The van der Waals surface area contributed by atoms with Crippen LogP contribution in [0.25, 0.3) is 10.6 Å². The van der Waals surface area contributed by atoms with Crippen molar-refractivity contribution in [1.29, 1.82) is 0 Å². The molecule has 3 atom stereocenters. The largest absolute Gasteiger partial charge is 0.480 e. The summed E-state index contributed by atoms with van der Waals surface area (Å²) in [6.45, 7) is 0. The van der Waals surface area contributed by atoms with E-state index in [-0.39, 0.29) is 18.4 Å². The highest BCUT2D eigenvalue weighted by molar-refractivity contribution is 7.13. The minimum atomic E-state index is -0.889. The van der Waals surface area contributed by atoms with Crippen molar-refractivity contribution in [2.75, 3.05) is 0 Å². The fourth-order valence-electron chi connectivity index (χ4n) is 4.19. The van der Waals surface area contributed by atoms with Crippen molar-refractivity contribution in [1.82, 2.24) is 9.88 Å². The Labute approximate surface area is 149 Å². The number of thiazole rings is 1. The van der Waals surface area contributed by atoms with Gasteiger partial charge >= 0.3 is 5.97 Å². The van der Waals surface area contributed by atoms with Crippen molar-refractivity contribution in [2.24, 2.45) is 5.92 Å². The molecule has 25 heavy (non-hydrogen) atoms. The first-order valence-corrected chi connectivity index (χ1v) is 9.52. The summed E-state index contributed by atoms with van der Waals surface area (Å²) in [6, 6.07) is 1.22. The van der Waals surface area contributed by atoms with Gasteiger partial charge in [0.15, 0.2) is 0 Å². The smallest absolute Gasteiger partial charge is 0.326 e. The predicted molar refractivity (Wildman–Crippen MR) is 92.2 cm³/mol. The zero-order valence-corrected chi connectivity index (χ0v) is 14.6. The summed E-state index contributed by atoms with van der Waals surface area (Å²) in [5.74, 6) is -0.679. The molecule has 4 rings (SSSR count). The third-order valence-corrected chi connectivity index (χ3v) is 6.25. The average Bonchev–Trinajstić information content (AvgIpc) is 3.33. The summed E-state index contributed by atoms with van der Waals surface area (Å²) in [5, 5.41) is 12.2. The van der Waals surface area contributed by atoms with Gasteiger partial charge < -0.3 is 14.4 Å². The van der Waals surface area contributed by atoms with Gasteiger partial charge in [0, 0.05) is 17.0 Å². The van der Waals surface area contributed by atoms with Gasteiger partial charge in [0.25, 0.3) is 0 Å². The molecule has 6 nitrogen and oxygen atoms in total. The molecule has 0 radical (unpaired) electrons. The number of rotatable bonds is 4. The van der Waals surface area contributed by atoms with E-state index < -0.39 is 12.0 Å². The molecule has 1 aliphatic heterocycles. The standard InChI is InChI=1S/C18H20N2O4S/c21-16(8-13-10-25-17(19-13)12-5-6-24-9-12)20-14-4-2-1-3-11(14)7-15(20)18(22)23/h5-6,9-11,14-15H,1-4,7-8H2,(H,22,23). The average molecular weight is 360 g/mol. The molecule has 1 aliphatic carbocycles. The Balaban J connectivity index is 1.52. The number of carboxylic acid groups (broad SMARTS) is 1. The van der Waals surface area contributed by atoms with Crippen LogP contribution in [0, 0.1) is 5.92 Å². The summed E-state index contributed by atoms with van der Waals surface area (Å²) in [5.41, 5.74) is 1.58. The molecule has 0 spiro atoms. The van der Waals surface area contributed by atoms with Gasteiger partial charge in [-0.1, -0.05) is 12.8 Å². The Morgan fingerprint density at radius 2 is 2.20 bits per heavy atom. The van der Waals surface area contributed by atoms with Gasteiger partial charge in [-0.25, -0.2) is 9.78 Å². The SMILES string of the molecule is O=C(O)C1CC2CCCCC2N1C(=O)Cc1csc(-c2ccoc2)n1. The van der Waals surface area contributed by atoms with Gasteiger partial charge in [0.2, 0.25) is 5.91 Å². The number of aromatic nitrogens is 1. The van der Waals surface area contributed by atoms with Crippen LogP contribution in [0.5, 0.6) is 0 Å². The number of furan rings is 1. The highest BCUT2D eigenvalue weighted by Crippen LogP contribution is 2.40. The van der Waals surface area contributed by atoms with E-state index >= 15 is 0 Å².